The summed E-state index contributed by atoms with van der Waals surface area (Å²) in [6.07, 6.45) is 2.35. The van der Waals surface area contributed by atoms with Crippen LogP contribution in [0.1, 0.15) is 5.69 Å². The first-order valence-corrected chi connectivity index (χ1v) is 8.50. The van der Waals surface area contributed by atoms with E-state index in [1.165, 1.54) is 19.2 Å². The monoisotopic (exact) mass is 388 g/mol. The minimum absolute atomic E-state index is 0.0253. The number of aliphatic hydroxyl groups excluding tert-OH is 1. The largest absolute Gasteiger partial charge is 0.496 e. The summed E-state index contributed by atoms with van der Waals surface area (Å²) in [5.74, 6) is 0.910. The van der Waals surface area contributed by atoms with E-state index in [0.717, 1.165) is 5.69 Å². The number of aryl methyl sites for hydroxylation is 1. The maximum Gasteiger partial charge on any atom is 0.153 e. The quantitative estimate of drug-likeness (QED) is 0.459. The van der Waals surface area contributed by atoms with Crippen LogP contribution in [0.5, 0.6) is 11.5 Å². The highest BCUT2D eigenvalue weighted by atomic mass is 19.1. The molecule has 2 aromatic heterocycles. The lowest BCUT2D eigenvalue weighted by Gasteiger charge is -2.16. The standard InChI is InChI=1S/C18H21FN6O3/c1-10-7-22-17(8-21-10)23-16-5-13(24-25-16)18-14(27-2)3-11(19)4-15(18)28-9-12(26)6-20/h3-5,7-8,12,26H,6,9,20H2,1-2H3,(H2,22,23,24,25). The second-order valence-electron chi connectivity index (χ2n) is 6.02. The van der Waals surface area contributed by atoms with Crippen molar-refractivity contribution in [1.29, 1.82) is 0 Å². The van der Waals surface area contributed by atoms with Crippen molar-refractivity contribution in [2.24, 2.45) is 5.73 Å². The van der Waals surface area contributed by atoms with Crippen LogP contribution in [0.4, 0.5) is 16.0 Å². The SMILES string of the molecule is COc1cc(F)cc(OCC(O)CN)c1-c1cc(Nc2cnc(C)cn2)n[nH]1. The molecule has 0 spiro atoms. The first-order chi connectivity index (χ1) is 13.5. The number of hydrogen-bond donors (Lipinski definition) is 4. The van der Waals surface area contributed by atoms with Crippen LogP contribution in [0.2, 0.25) is 0 Å². The van der Waals surface area contributed by atoms with Crippen LogP contribution < -0.4 is 20.5 Å². The van der Waals surface area contributed by atoms with E-state index in [1.54, 1.807) is 18.5 Å². The van der Waals surface area contributed by atoms with Crippen LogP contribution in [0, 0.1) is 12.7 Å². The number of methoxy groups -OCH3 is 1. The van der Waals surface area contributed by atoms with Gasteiger partial charge in [0.25, 0.3) is 0 Å². The molecule has 2 heterocycles. The van der Waals surface area contributed by atoms with Gasteiger partial charge in [0.1, 0.15) is 35.8 Å². The molecule has 28 heavy (non-hydrogen) atoms. The first kappa shape index (κ1) is 19.5. The van der Waals surface area contributed by atoms with Gasteiger partial charge in [0.15, 0.2) is 5.82 Å². The van der Waals surface area contributed by atoms with Gasteiger partial charge in [-0.1, -0.05) is 0 Å². The van der Waals surface area contributed by atoms with Crippen molar-refractivity contribution >= 4 is 11.6 Å². The van der Waals surface area contributed by atoms with Gasteiger partial charge >= 0.3 is 0 Å². The van der Waals surface area contributed by atoms with Gasteiger partial charge in [0.2, 0.25) is 0 Å². The second-order valence-corrected chi connectivity index (χ2v) is 6.02. The molecule has 3 aromatic rings. The highest BCUT2D eigenvalue weighted by Gasteiger charge is 2.19. The van der Waals surface area contributed by atoms with E-state index >= 15 is 0 Å². The summed E-state index contributed by atoms with van der Waals surface area (Å²) < 4.78 is 24.8. The van der Waals surface area contributed by atoms with Gasteiger partial charge in [-0.2, -0.15) is 5.10 Å². The molecular weight excluding hydrogens is 367 g/mol. The fraction of sp³-hybridized carbons (Fsp3) is 0.278. The molecule has 0 radical (unpaired) electrons. The van der Waals surface area contributed by atoms with Gasteiger partial charge in [-0.25, -0.2) is 9.37 Å². The summed E-state index contributed by atoms with van der Waals surface area (Å²) in [4.78, 5) is 8.37. The Kier molecular flexibility index (Phi) is 6.02. The first-order valence-electron chi connectivity index (χ1n) is 8.50. The van der Waals surface area contributed by atoms with Crippen LogP contribution in [-0.2, 0) is 0 Å². The molecule has 0 fully saturated rings. The van der Waals surface area contributed by atoms with Gasteiger partial charge in [0.05, 0.1) is 36.5 Å². The van der Waals surface area contributed by atoms with Crippen molar-refractivity contribution in [2.75, 3.05) is 25.6 Å². The minimum Gasteiger partial charge on any atom is -0.496 e. The Morgan fingerprint density at radius 1 is 1.21 bits per heavy atom. The Labute approximate surface area is 160 Å². The van der Waals surface area contributed by atoms with Crippen LogP contribution >= 0.6 is 0 Å². The van der Waals surface area contributed by atoms with E-state index in [9.17, 15) is 9.50 Å². The molecule has 0 aliphatic carbocycles. The van der Waals surface area contributed by atoms with Crippen molar-refractivity contribution in [1.82, 2.24) is 20.2 Å². The van der Waals surface area contributed by atoms with Crippen molar-refractivity contribution in [3.63, 3.8) is 0 Å². The molecule has 1 aromatic carbocycles. The van der Waals surface area contributed by atoms with E-state index in [2.05, 4.69) is 25.5 Å². The smallest absolute Gasteiger partial charge is 0.153 e. The van der Waals surface area contributed by atoms with Gasteiger partial charge in [-0.05, 0) is 6.92 Å². The highest BCUT2D eigenvalue weighted by molar-refractivity contribution is 5.76. The number of aliphatic hydroxyl groups is 1. The maximum absolute atomic E-state index is 13.9. The average Bonchev–Trinajstić information content (AvgIpc) is 3.15. The average molecular weight is 388 g/mol. The Hall–Kier alpha value is -3.24. The number of nitrogens with one attached hydrogen (secondary N) is 2. The molecule has 9 nitrogen and oxygen atoms in total. The highest BCUT2D eigenvalue weighted by Crippen LogP contribution is 2.39. The number of anilines is 2. The Morgan fingerprint density at radius 2 is 2.00 bits per heavy atom. The number of hydrogen-bond acceptors (Lipinski definition) is 8. The number of nitrogens with two attached hydrogens (primary N) is 1. The fourth-order valence-corrected chi connectivity index (χ4v) is 2.45. The number of nitrogens with zero attached hydrogens (tertiary/aromatic N) is 3. The van der Waals surface area contributed by atoms with Crippen molar-refractivity contribution in [3.05, 3.63) is 42.1 Å². The number of aromatic amines is 1. The van der Waals surface area contributed by atoms with Gasteiger partial charge in [0, 0.05) is 24.7 Å². The van der Waals surface area contributed by atoms with Crippen molar-refractivity contribution in [2.45, 2.75) is 13.0 Å². The molecule has 10 heteroatoms. The number of halogens is 1. The predicted octanol–water partition coefficient (Wildman–Crippen LogP) is 1.76. The van der Waals surface area contributed by atoms with Gasteiger partial charge in [-0.15, -0.1) is 0 Å². The van der Waals surface area contributed by atoms with E-state index < -0.39 is 11.9 Å². The molecule has 0 saturated carbocycles. The molecule has 0 saturated heterocycles. The number of ether oxygens (including phenoxy) is 2. The van der Waals surface area contributed by atoms with Gasteiger partial charge in [-0.3, -0.25) is 10.1 Å². The second kappa shape index (κ2) is 8.63. The summed E-state index contributed by atoms with van der Waals surface area (Å²) in [7, 11) is 1.42. The summed E-state index contributed by atoms with van der Waals surface area (Å²) in [5, 5.41) is 19.7. The molecule has 1 unspecified atom stereocenters. The van der Waals surface area contributed by atoms with Crippen molar-refractivity contribution in [3.8, 4) is 22.8 Å². The third kappa shape index (κ3) is 4.53. The third-order valence-corrected chi connectivity index (χ3v) is 3.84. The van der Waals surface area contributed by atoms with E-state index in [0.29, 0.717) is 22.9 Å². The van der Waals surface area contributed by atoms with Crippen LogP contribution in [-0.4, -0.2) is 51.6 Å². The molecule has 0 aliphatic heterocycles. The van der Waals surface area contributed by atoms with E-state index in [1.807, 2.05) is 6.92 Å². The molecule has 148 valence electrons. The predicted molar refractivity (Wildman–Crippen MR) is 101 cm³/mol. The molecule has 0 bridgehead atoms. The lowest BCUT2D eigenvalue weighted by molar-refractivity contribution is 0.114. The molecule has 1 atom stereocenters. The number of H-pyrrole nitrogens is 1. The maximum atomic E-state index is 13.9. The normalized spacial score (nSPS) is 11.9. The number of aromatic nitrogens is 4. The van der Waals surface area contributed by atoms with Crippen LogP contribution in [0.3, 0.4) is 0 Å². The molecule has 3 rings (SSSR count). The molecular formula is C18H21FN6O3. The zero-order valence-corrected chi connectivity index (χ0v) is 15.4. The molecule has 5 N–H and O–H groups in total. The summed E-state index contributed by atoms with van der Waals surface area (Å²) in [6.45, 7) is 1.78. The molecule has 0 amide bonds. The lowest BCUT2D eigenvalue weighted by Crippen LogP contribution is -2.26. The fourth-order valence-electron chi connectivity index (χ4n) is 2.45. The van der Waals surface area contributed by atoms with Crippen LogP contribution in [0.25, 0.3) is 11.3 Å². The molecule has 0 aliphatic rings. The lowest BCUT2D eigenvalue weighted by atomic mass is 10.1. The summed E-state index contributed by atoms with van der Waals surface area (Å²) in [6, 6.07) is 4.14. The van der Waals surface area contributed by atoms with Crippen molar-refractivity contribution < 1.29 is 19.0 Å². The van der Waals surface area contributed by atoms with Gasteiger partial charge < -0.3 is 25.6 Å². The van der Waals surface area contributed by atoms with E-state index in [-0.39, 0.29) is 24.7 Å². The third-order valence-electron chi connectivity index (χ3n) is 3.84. The minimum atomic E-state index is -0.874. The summed E-state index contributed by atoms with van der Waals surface area (Å²) in [5.41, 5.74) is 7.18. The topological polar surface area (TPSA) is 131 Å². The Balaban J connectivity index is 1.91. The number of rotatable bonds is 8. The number of benzene rings is 1. The Bertz CT molecular complexity index is 932. The zero-order chi connectivity index (χ0) is 20.1. The zero-order valence-electron chi connectivity index (χ0n) is 15.4. The van der Waals surface area contributed by atoms with E-state index in [4.69, 9.17) is 15.2 Å². The Morgan fingerprint density at radius 3 is 2.68 bits per heavy atom. The summed E-state index contributed by atoms with van der Waals surface area (Å²) >= 11 is 0. The van der Waals surface area contributed by atoms with Crippen LogP contribution in [0.15, 0.2) is 30.6 Å².